The van der Waals surface area contributed by atoms with Gasteiger partial charge in [-0.25, -0.2) is 9.42 Å². The van der Waals surface area contributed by atoms with Crippen LogP contribution >= 0.6 is 0 Å². The zero-order chi connectivity index (χ0) is 19.0. The zero-order valence-electron chi connectivity index (χ0n) is 15.6. The molecule has 0 bridgehead atoms. The van der Waals surface area contributed by atoms with Gasteiger partial charge in [0, 0.05) is 30.4 Å². The first-order valence-corrected chi connectivity index (χ1v) is 9.30. The Morgan fingerprint density at radius 1 is 1.37 bits per heavy atom. The maximum Gasteiger partial charge on any atom is 0.356 e. The molecule has 0 aliphatic heterocycles. The number of carboxylic acids is 1. The molecule has 0 spiro atoms. The van der Waals surface area contributed by atoms with Gasteiger partial charge in [-0.2, -0.15) is 5.10 Å². The van der Waals surface area contributed by atoms with Gasteiger partial charge in [0.1, 0.15) is 11.0 Å². The number of fused-ring (bicyclic) bond motifs is 2. The number of carboxylic acid groups (broad SMARTS) is 1. The fraction of sp³-hybridized carbons (Fsp3) is 0.474. The summed E-state index contributed by atoms with van der Waals surface area (Å²) in [6.45, 7) is 3.60. The highest BCUT2D eigenvalue weighted by atomic mass is 16.6. The Labute approximate surface area is 156 Å². The normalized spacial score (nSPS) is 16.8. The van der Waals surface area contributed by atoms with Gasteiger partial charge in [-0.3, -0.25) is 9.58 Å². The van der Waals surface area contributed by atoms with Gasteiger partial charge >= 0.3 is 5.97 Å². The van der Waals surface area contributed by atoms with Crippen molar-refractivity contribution >= 4 is 17.0 Å². The number of likely N-dealkylation sites (N-methyl/N-ethyl adjacent to an activating group) is 1. The van der Waals surface area contributed by atoms with E-state index in [1.54, 1.807) is 0 Å². The van der Waals surface area contributed by atoms with Crippen LogP contribution in [-0.2, 0) is 25.9 Å². The van der Waals surface area contributed by atoms with Crippen molar-refractivity contribution in [1.29, 1.82) is 0 Å². The summed E-state index contributed by atoms with van der Waals surface area (Å²) in [6, 6.07) is 6.20. The number of aromatic carboxylic acids is 1. The molecule has 1 N–H and O–H groups in total. The second kappa shape index (κ2) is 7.11. The molecule has 0 fully saturated rings. The first kappa shape index (κ1) is 17.7. The number of aromatic nitrogens is 4. The molecule has 0 unspecified atom stereocenters. The molecular weight excluding hydrogens is 346 g/mol. The second-order valence-corrected chi connectivity index (χ2v) is 7.20. The predicted octanol–water partition coefficient (Wildman–Crippen LogP) is 2.52. The van der Waals surface area contributed by atoms with Crippen LogP contribution in [-0.4, -0.2) is 49.2 Å². The summed E-state index contributed by atoms with van der Waals surface area (Å²) in [5.74, 6) is -0.937. The average Bonchev–Trinajstić information content (AvgIpc) is 3.26. The molecule has 4 rings (SSSR count). The zero-order valence-corrected chi connectivity index (χ0v) is 15.6. The SMILES string of the molecule is CCCn1nc(C(=O)O)c2c1CC[C@H](N(C)Cc1ccc3nonc3c1)C2. The Kier molecular flexibility index (Phi) is 4.65. The minimum absolute atomic E-state index is 0.214. The van der Waals surface area contributed by atoms with E-state index in [0.717, 1.165) is 60.2 Å². The summed E-state index contributed by atoms with van der Waals surface area (Å²) in [6.07, 6.45) is 3.50. The van der Waals surface area contributed by atoms with Gasteiger partial charge in [-0.15, -0.1) is 0 Å². The number of carbonyl (C=O) groups is 1. The van der Waals surface area contributed by atoms with E-state index < -0.39 is 5.97 Å². The van der Waals surface area contributed by atoms with E-state index in [0.29, 0.717) is 6.42 Å². The Bertz CT molecular complexity index is 977. The maximum absolute atomic E-state index is 11.6. The van der Waals surface area contributed by atoms with Crippen molar-refractivity contribution in [2.45, 2.75) is 51.7 Å². The van der Waals surface area contributed by atoms with E-state index in [9.17, 15) is 9.90 Å². The number of hydrogen-bond acceptors (Lipinski definition) is 6. The molecule has 1 atom stereocenters. The van der Waals surface area contributed by atoms with Gasteiger partial charge in [0.25, 0.3) is 0 Å². The lowest BCUT2D eigenvalue weighted by molar-refractivity contribution is 0.0687. The molecule has 1 aliphatic rings. The number of hydrogen-bond donors (Lipinski definition) is 1. The van der Waals surface area contributed by atoms with E-state index in [2.05, 4.69) is 34.3 Å². The molecule has 2 heterocycles. The van der Waals surface area contributed by atoms with Crippen LogP contribution in [0.15, 0.2) is 22.8 Å². The van der Waals surface area contributed by atoms with Crippen molar-refractivity contribution in [3.8, 4) is 0 Å². The molecule has 1 aliphatic carbocycles. The molecule has 142 valence electrons. The maximum atomic E-state index is 11.6. The van der Waals surface area contributed by atoms with Gasteiger partial charge in [-0.1, -0.05) is 13.0 Å². The fourth-order valence-electron chi connectivity index (χ4n) is 3.96. The van der Waals surface area contributed by atoms with Crippen molar-refractivity contribution < 1.29 is 14.5 Å². The third-order valence-electron chi connectivity index (χ3n) is 5.33. The van der Waals surface area contributed by atoms with E-state index >= 15 is 0 Å². The lowest BCUT2D eigenvalue weighted by Crippen LogP contribution is -2.36. The predicted molar refractivity (Wildman–Crippen MR) is 98.6 cm³/mol. The molecule has 1 aromatic carbocycles. The quantitative estimate of drug-likeness (QED) is 0.713. The molecule has 0 amide bonds. The molecule has 8 heteroatoms. The number of aryl methyl sites for hydroxylation is 1. The Hall–Kier alpha value is -2.74. The smallest absolute Gasteiger partial charge is 0.356 e. The van der Waals surface area contributed by atoms with E-state index in [4.69, 9.17) is 4.63 Å². The highest BCUT2D eigenvalue weighted by Crippen LogP contribution is 2.28. The summed E-state index contributed by atoms with van der Waals surface area (Å²) in [4.78, 5) is 13.9. The van der Waals surface area contributed by atoms with Crippen molar-refractivity contribution in [3.05, 3.63) is 40.7 Å². The van der Waals surface area contributed by atoms with Crippen LogP contribution in [0.3, 0.4) is 0 Å². The number of benzene rings is 1. The minimum atomic E-state index is -0.937. The van der Waals surface area contributed by atoms with Crippen LogP contribution in [0.25, 0.3) is 11.0 Å². The molecule has 0 saturated heterocycles. The van der Waals surface area contributed by atoms with Crippen molar-refractivity contribution in [3.63, 3.8) is 0 Å². The Balaban J connectivity index is 1.53. The van der Waals surface area contributed by atoms with E-state index in [1.807, 2.05) is 22.9 Å². The summed E-state index contributed by atoms with van der Waals surface area (Å²) in [5.41, 5.74) is 4.83. The third-order valence-corrected chi connectivity index (χ3v) is 5.33. The second-order valence-electron chi connectivity index (χ2n) is 7.20. The fourth-order valence-corrected chi connectivity index (χ4v) is 3.96. The molecule has 27 heavy (non-hydrogen) atoms. The summed E-state index contributed by atoms with van der Waals surface area (Å²) in [7, 11) is 2.08. The highest BCUT2D eigenvalue weighted by molar-refractivity contribution is 5.87. The highest BCUT2D eigenvalue weighted by Gasteiger charge is 2.30. The Morgan fingerprint density at radius 2 is 2.19 bits per heavy atom. The molecule has 8 nitrogen and oxygen atoms in total. The number of nitrogens with zero attached hydrogens (tertiary/aromatic N) is 5. The lowest BCUT2D eigenvalue weighted by atomic mass is 9.90. The van der Waals surface area contributed by atoms with Crippen LogP contribution in [0.2, 0.25) is 0 Å². The largest absolute Gasteiger partial charge is 0.476 e. The van der Waals surface area contributed by atoms with Gasteiger partial charge in [0.15, 0.2) is 5.69 Å². The van der Waals surface area contributed by atoms with Gasteiger partial charge in [0.2, 0.25) is 0 Å². The van der Waals surface area contributed by atoms with Crippen LogP contribution in [0.5, 0.6) is 0 Å². The van der Waals surface area contributed by atoms with Gasteiger partial charge in [0.05, 0.1) is 0 Å². The molecule has 0 saturated carbocycles. The summed E-state index contributed by atoms with van der Waals surface area (Å²) >= 11 is 0. The first-order chi connectivity index (χ1) is 13.1. The first-order valence-electron chi connectivity index (χ1n) is 9.30. The third kappa shape index (κ3) is 3.32. The van der Waals surface area contributed by atoms with E-state index in [1.165, 1.54) is 0 Å². The average molecular weight is 369 g/mol. The van der Waals surface area contributed by atoms with Crippen LogP contribution in [0, 0.1) is 0 Å². The van der Waals surface area contributed by atoms with Gasteiger partial charge in [-0.05, 0) is 60.7 Å². The summed E-state index contributed by atoms with van der Waals surface area (Å²) < 4.78 is 6.65. The van der Waals surface area contributed by atoms with Crippen molar-refractivity contribution in [2.75, 3.05) is 7.05 Å². The molecular formula is C19H23N5O3. The standard InChI is InChI=1S/C19H23N5O3/c1-3-8-24-17-7-5-13(10-14(17)18(20-24)19(25)26)23(2)11-12-4-6-15-16(9-12)22-27-21-15/h4,6,9,13H,3,5,7-8,10-11H2,1-2H3,(H,25,26)/t13-/m0/s1. The van der Waals surface area contributed by atoms with Crippen molar-refractivity contribution in [1.82, 2.24) is 25.0 Å². The van der Waals surface area contributed by atoms with Crippen LogP contribution in [0.1, 0.15) is 47.1 Å². The molecule has 2 aromatic heterocycles. The molecule has 3 aromatic rings. The monoisotopic (exact) mass is 369 g/mol. The van der Waals surface area contributed by atoms with Crippen LogP contribution < -0.4 is 0 Å². The van der Waals surface area contributed by atoms with Gasteiger partial charge < -0.3 is 5.11 Å². The lowest BCUT2D eigenvalue weighted by Gasteiger charge is -2.31. The Morgan fingerprint density at radius 3 is 2.96 bits per heavy atom. The number of rotatable bonds is 6. The van der Waals surface area contributed by atoms with E-state index in [-0.39, 0.29) is 11.7 Å². The van der Waals surface area contributed by atoms with Crippen molar-refractivity contribution in [2.24, 2.45) is 0 Å². The van der Waals surface area contributed by atoms with Crippen LogP contribution in [0.4, 0.5) is 0 Å². The topological polar surface area (TPSA) is 97.3 Å². The summed E-state index contributed by atoms with van der Waals surface area (Å²) in [5, 5.41) is 21.6. The molecule has 0 radical (unpaired) electrons. The minimum Gasteiger partial charge on any atom is -0.476 e.